The molecule has 3 heteroatoms. The molecule has 3 saturated carbocycles. The van der Waals surface area contributed by atoms with Crippen molar-refractivity contribution < 1.29 is 14.3 Å². The molecule has 0 aromatic rings. The molecular weight excluding hydrogens is 444 g/mol. The smallest absolute Gasteiger partial charge is 0.333 e. The van der Waals surface area contributed by atoms with Gasteiger partial charge in [0.1, 0.15) is 0 Å². The van der Waals surface area contributed by atoms with E-state index in [1.165, 1.54) is 63.9 Å². The highest BCUT2D eigenvalue weighted by Crippen LogP contribution is 2.67. The summed E-state index contributed by atoms with van der Waals surface area (Å²) in [5.41, 5.74) is 3.23. The minimum atomic E-state index is -0.574. The first-order valence-electron chi connectivity index (χ1n) is 15.0. The van der Waals surface area contributed by atoms with Crippen LogP contribution in [0.4, 0.5) is 0 Å². The number of allylic oxidation sites excluding steroid dienone is 1. The molecule has 0 aromatic heterocycles. The highest BCUT2D eigenvalue weighted by Gasteiger charge is 2.59. The Balaban J connectivity index is 1.26. The minimum Gasteiger partial charge on any atom is -0.428 e. The lowest BCUT2D eigenvalue weighted by molar-refractivity contribution is -0.171. The molecular formula is C33H50O3. The van der Waals surface area contributed by atoms with Crippen molar-refractivity contribution in [3.63, 3.8) is 0 Å². The second-order valence-electron chi connectivity index (χ2n) is 13.9. The van der Waals surface area contributed by atoms with Gasteiger partial charge in [0.05, 0.1) is 6.10 Å². The molecule has 0 radical (unpaired) electrons. The predicted octanol–water partition coefficient (Wildman–Crippen LogP) is 8.41. The average molecular weight is 495 g/mol. The topological polar surface area (TPSA) is 35.5 Å². The zero-order valence-electron chi connectivity index (χ0n) is 23.6. The van der Waals surface area contributed by atoms with E-state index in [4.69, 9.17) is 9.47 Å². The number of hydrogen-bond acceptors (Lipinski definition) is 3. The Bertz CT molecular complexity index is 914. The van der Waals surface area contributed by atoms with Gasteiger partial charge in [-0.2, -0.15) is 0 Å². The Hall–Kier alpha value is -1.35. The molecule has 36 heavy (non-hydrogen) atoms. The van der Waals surface area contributed by atoms with Gasteiger partial charge in [0.2, 0.25) is 6.29 Å². The zero-order valence-corrected chi connectivity index (χ0v) is 23.6. The fraction of sp³-hybridized carbons (Fsp3) is 0.788. The van der Waals surface area contributed by atoms with E-state index in [2.05, 4.69) is 47.3 Å². The maximum absolute atomic E-state index is 11.7. The summed E-state index contributed by atoms with van der Waals surface area (Å²) >= 11 is 0. The van der Waals surface area contributed by atoms with Gasteiger partial charge in [-0.1, -0.05) is 78.2 Å². The Morgan fingerprint density at radius 2 is 1.92 bits per heavy atom. The van der Waals surface area contributed by atoms with Gasteiger partial charge < -0.3 is 9.47 Å². The zero-order chi connectivity index (χ0) is 25.7. The number of esters is 1. The summed E-state index contributed by atoms with van der Waals surface area (Å²) in [4.78, 5) is 11.7. The third kappa shape index (κ3) is 4.56. The number of ether oxygens (including phenoxy) is 2. The molecule has 200 valence electrons. The van der Waals surface area contributed by atoms with Crippen molar-refractivity contribution in [3.05, 3.63) is 36.0 Å². The predicted molar refractivity (Wildman–Crippen MR) is 146 cm³/mol. The number of carbonyl (C=O) groups is 1. The molecule has 0 bridgehead atoms. The van der Waals surface area contributed by atoms with E-state index in [0.29, 0.717) is 10.8 Å². The number of cyclic esters (lactones) is 1. The molecule has 1 heterocycles. The molecule has 3 nitrogen and oxygen atoms in total. The molecule has 0 aromatic carbocycles. The lowest BCUT2D eigenvalue weighted by atomic mass is 9.47. The first kappa shape index (κ1) is 26.3. The van der Waals surface area contributed by atoms with Crippen molar-refractivity contribution in [1.29, 1.82) is 0 Å². The third-order valence-electron chi connectivity index (χ3n) is 11.6. The van der Waals surface area contributed by atoms with Crippen LogP contribution < -0.4 is 0 Å². The van der Waals surface area contributed by atoms with Crippen LogP contribution in [0.25, 0.3) is 0 Å². The van der Waals surface area contributed by atoms with E-state index < -0.39 is 6.29 Å². The van der Waals surface area contributed by atoms with Gasteiger partial charge >= 0.3 is 5.97 Å². The molecule has 4 aliphatic carbocycles. The average Bonchev–Trinajstić information content (AvgIpc) is 3.37. The lowest BCUT2D eigenvalue weighted by Gasteiger charge is -2.58. The maximum Gasteiger partial charge on any atom is 0.333 e. The Morgan fingerprint density at radius 1 is 1.11 bits per heavy atom. The highest BCUT2D eigenvalue weighted by molar-refractivity contribution is 5.86. The summed E-state index contributed by atoms with van der Waals surface area (Å²) in [5.74, 6) is 4.87. The van der Waals surface area contributed by atoms with E-state index in [-0.39, 0.29) is 12.1 Å². The number of hydrogen-bond donors (Lipinski definition) is 0. The van der Waals surface area contributed by atoms with Crippen molar-refractivity contribution in [1.82, 2.24) is 0 Å². The largest absolute Gasteiger partial charge is 0.428 e. The molecule has 0 amide bonds. The van der Waals surface area contributed by atoms with Crippen molar-refractivity contribution in [2.75, 3.05) is 0 Å². The van der Waals surface area contributed by atoms with Crippen LogP contribution in [0.3, 0.4) is 0 Å². The Kier molecular flexibility index (Phi) is 7.36. The summed E-state index contributed by atoms with van der Waals surface area (Å²) < 4.78 is 11.7. The van der Waals surface area contributed by atoms with Crippen LogP contribution in [0.15, 0.2) is 36.0 Å². The SMILES string of the molecule is C=CC1=CC(=O)O[C@H]1OC1CC[C@@]2(C)C(=CC[C@H]3[C@@H]4CC[C@H]([C@H](C)CCCC(C)C)[C@@]4(C)CC[C@@H]32)C1. The summed E-state index contributed by atoms with van der Waals surface area (Å²) in [6, 6.07) is 0. The molecule has 0 N–H and O–H groups in total. The summed E-state index contributed by atoms with van der Waals surface area (Å²) in [6.07, 6.45) is 19.8. The third-order valence-corrected chi connectivity index (χ3v) is 11.6. The number of rotatable bonds is 8. The molecule has 0 saturated heterocycles. The van der Waals surface area contributed by atoms with Gasteiger partial charge in [-0.05, 0) is 97.7 Å². The van der Waals surface area contributed by atoms with Crippen molar-refractivity contribution in [2.24, 2.45) is 46.3 Å². The highest BCUT2D eigenvalue weighted by atomic mass is 16.7. The van der Waals surface area contributed by atoms with Crippen LogP contribution in [0.5, 0.6) is 0 Å². The summed E-state index contributed by atoms with van der Waals surface area (Å²) in [5, 5.41) is 0. The lowest BCUT2D eigenvalue weighted by Crippen LogP contribution is -2.51. The minimum absolute atomic E-state index is 0.122. The van der Waals surface area contributed by atoms with Crippen LogP contribution in [0, 0.1) is 46.3 Å². The standard InChI is InChI=1S/C33H50O3/c1-7-23-19-30(34)36-31(23)35-25-15-17-32(5)24(20-25)11-12-26-28-14-13-27(22(4)10-8-9-21(2)3)33(28,6)18-16-29(26)32/h7,11,19,21-22,25-29,31H,1,8-10,12-18,20H2,2-6H3/t22-,25?,26+,27-,28+,29+,31-,32+,33-/m1/s1. The molecule has 3 fully saturated rings. The van der Waals surface area contributed by atoms with E-state index in [0.717, 1.165) is 53.9 Å². The molecule has 0 spiro atoms. The van der Waals surface area contributed by atoms with Crippen molar-refractivity contribution in [3.8, 4) is 0 Å². The fourth-order valence-electron chi connectivity index (χ4n) is 9.62. The number of carbonyl (C=O) groups excluding carboxylic acids is 1. The second kappa shape index (κ2) is 10.1. The molecule has 1 aliphatic heterocycles. The van der Waals surface area contributed by atoms with Crippen LogP contribution in [0.2, 0.25) is 0 Å². The normalized spacial score (nSPS) is 42.7. The van der Waals surface area contributed by atoms with Crippen LogP contribution >= 0.6 is 0 Å². The molecule has 9 atom stereocenters. The Labute approximate surface area is 220 Å². The van der Waals surface area contributed by atoms with E-state index in [1.54, 1.807) is 11.6 Å². The monoisotopic (exact) mass is 494 g/mol. The van der Waals surface area contributed by atoms with Gasteiger partial charge in [0, 0.05) is 11.6 Å². The maximum atomic E-state index is 11.7. The quantitative estimate of drug-likeness (QED) is 0.251. The van der Waals surface area contributed by atoms with Gasteiger partial charge in [0.25, 0.3) is 0 Å². The van der Waals surface area contributed by atoms with E-state index in [9.17, 15) is 4.79 Å². The van der Waals surface area contributed by atoms with Crippen molar-refractivity contribution >= 4 is 5.97 Å². The molecule has 1 unspecified atom stereocenters. The molecule has 5 aliphatic rings. The number of fused-ring (bicyclic) bond motifs is 5. The van der Waals surface area contributed by atoms with Gasteiger partial charge in [-0.15, -0.1) is 0 Å². The first-order chi connectivity index (χ1) is 17.2. The second-order valence-corrected chi connectivity index (χ2v) is 13.9. The fourth-order valence-corrected chi connectivity index (χ4v) is 9.62. The van der Waals surface area contributed by atoms with Crippen LogP contribution in [-0.2, 0) is 14.3 Å². The van der Waals surface area contributed by atoms with Crippen LogP contribution in [0.1, 0.15) is 105 Å². The van der Waals surface area contributed by atoms with E-state index >= 15 is 0 Å². The summed E-state index contributed by atoms with van der Waals surface area (Å²) in [6.45, 7) is 16.4. The van der Waals surface area contributed by atoms with Gasteiger partial charge in [-0.25, -0.2) is 4.79 Å². The van der Waals surface area contributed by atoms with Crippen LogP contribution in [-0.4, -0.2) is 18.4 Å². The molecule has 5 rings (SSSR count). The van der Waals surface area contributed by atoms with Gasteiger partial charge in [-0.3, -0.25) is 0 Å². The Morgan fingerprint density at radius 3 is 2.67 bits per heavy atom. The first-order valence-corrected chi connectivity index (χ1v) is 15.0. The summed E-state index contributed by atoms with van der Waals surface area (Å²) in [7, 11) is 0. The van der Waals surface area contributed by atoms with Gasteiger partial charge in [0.15, 0.2) is 0 Å². The van der Waals surface area contributed by atoms with E-state index in [1.807, 2.05) is 0 Å². The van der Waals surface area contributed by atoms with Crippen molar-refractivity contribution in [2.45, 2.75) is 118 Å².